The van der Waals surface area contributed by atoms with Crippen LogP contribution in [0.1, 0.15) is 6.04 Å². The van der Waals surface area contributed by atoms with E-state index >= 15 is 0 Å². The number of nitrogens with zero attached hydrogens (tertiary/aromatic N) is 4. The minimum Gasteiger partial charge on any atom is -0.388 e. The Hall–Kier alpha value is -2.40. The fourth-order valence-electron chi connectivity index (χ4n) is 4.36. The first-order valence-corrected chi connectivity index (χ1v) is 11.9. The Morgan fingerprint density at radius 1 is 1.17 bits per heavy atom. The van der Waals surface area contributed by atoms with Crippen LogP contribution in [0.15, 0.2) is 40.6 Å². The highest BCUT2D eigenvalue weighted by Gasteiger charge is 2.53. The number of thioether (sulfide) groups is 1. The van der Waals surface area contributed by atoms with Crippen LogP contribution in [0, 0.1) is 28.8 Å². The molecule has 0 aliphatic carbocycles. The number of dihydropyridines is 1. The quantitative estimate of drug-likeness (QED) is 0.589. The summed E-state index contributed by atoms with van der Waals surface area (Å²) in [5.74, 6) is -4.26. The summed E-state index contributed by atoms with van der Waals surface area (Å²) >= 11 is 7.18. The number of aliphatic hydroxyl groups is 2. The molecular weight excluding hydrogens is 509 g/mol. The van der Waals surface area contributed by atoms with Crippen LogP contribution in [0.25, 0.3) is 11.1 Å². The van der Waals surface area contributed by atoms with E-state index in [4.69, 9.17) is 21.1 Å². The Labute approximate surface area is 206 Å². The predicted octanol–water partition coefficient (Wildman–Crippen LogP) is 2.56. The van der Waals surface area contributed by atoms with E-state index in [9.17, 15) is 28.6 Å². The molecule has 0 bridgehead atoms. The van der Waals surface area contributed by atoms with Gasteiger partial charge in [-0.2, -0.15) is 10.4 Å². The van der Waals surface area contributed by atoms with Gasteiger partial charge in [0.25, 0.3) is 0 Å². The van der Waals surface area contributed by atoms with Crippen molar-refractivity contribution in [1.29, 1.82) is 5.26 Å². The number of allylic oxidation sites excluding steroid dienone is 1. The lowest BCUT2D eigenvalue weighted by Gasteiger charge is -2.42. The molecule has 3 aliphatic heterocycles. The van der Waals surface area contributed by atoms with Crippen LogP contribution in [-0.4, -0.2) is 74.0 Å². The monoisotopic (exact) mass is 526 g/mol. The Morgan fingerprint density at radius 2 is 1.91 bits per heavy atom. The molecule has 0 saturated carbocycles. The van der Waals surface area contributed by atoms with E-state index in [0.717, 1.165) is 23.9 Å². The van der Waals surface area contributed by atoms with Crippen molar-refractivity contribution in [2.24, 2.45) is 4.99 Å². The van der Waals surface area contributed by atoms with E-state index < -0.39 is 64.6 Å². The molecule has 1 aromatic carbocycles. The van der Waals surface area contributed by atoms with E-state index in [0.29, 0.717) is 5.03 Å². The number of rotatable bonds is 4. The number of halogens is 4. The molecule has 3 aliphatic rings. The molecule has 4 heterocycles. The minimum absolute atomic E-state index is 0.0290. The normalized spacial score (nSPS) is 34.4. The molecule has 0 amide bonds. The molecule has 2 fully saturated rings. The number of aliphatic imine (C=N–C) groups is 1. The lowest BCUT2D eigenvalue weighted by Crippen LogP contribution is -2.55. The number of ether oxygens (including phenoxy) is 2. The van der Waals surface area contributed by atoms with Crippen molar-refractivity contribution in [3.05, 3.63) is 53.1 Å². The van der Waals surface area contributed by atoms with Crippen molar-refractivity contribution in [2.75, 3.05) is 6.61 Å². The summed E-state index contributed by atoms with van der Waals surface area (Å²) in [6.07, 6.45) is 2.00. The standard InChI is InChI=1S/C22H18ClF3N4O4S/c23-11-3-16(14(4-27)28-6-11)35-22-19(32)18(21-20(34-22)15(31)8-33-21)30-7-10(5-29-30)9-1-12(24)17(26)13(25)2-9/h1-3,5-7,14-16,18-22,31-32H,8H2/t14?,15?,16?,18?,19?,20?,21-,22-/m1/s1. The molecular formula is C22H18ClF3N4O4S. The third-order valence-corrected chi connectivity index (χ3v) is 7.65. The van der Waals surface area contributed by atoms with Crippen LogP contribution in [0.4, 0.5) is 13.2 Å². The largest absolute Gasteiger partial charge is 0.388 e. The van der Waals surface area contributed by atoms with Gasteiger partial charge in [0, 0.05) is 18.0 Å². The topological polar surface area (TPSA) is 113 Å². The molecule has 5 rings (SSSR count). The van der Waals surface area contributed by atoms with E-state index in [1.165, 1.54) is 23.3 Å². The third-order valence-electron chi connectivity index (χ3n) is 6.06. The highest BCUT2D eigenvalue weighted by atomic mass is 35.5. The second-order valence-corrected chi connectivity index (χ2v) is 10.0. The zero-order chi connectivity index (χ0) is 24.9. The second kappa shape index (κ2) is 9.57. The number of hydrogen-bond acceptors (Lipinski definition) is 8. The number of benzene rings is 1. The van der Waals surface area contributed by atoms with Gasteiger partial charge in [-0.3, -0.25) is 9.67 Å². The number of aromatic nitrogens is 2. The molecule has 184 valence electrons. The van der Waals surface area contributed by atoms with Crippen LogP contribution in [0.3, 0.4) is 0 Å². The molecule has 13 heteroatoms. The lowest BCUT2D eigenvalue weighted by molar-refractivity contribution is -0.161. The van der Waals surface area contributed by atoms with Gasteiger partial charge in [-0.1, -0.05) is 11.6 Å². The maximum atomic E-state index is 13.7. The van der Waals surface area contributed by atoms with Gasteiger partial charge < -0.3 is 19.7 Å². The van der Waals surface area contributed by atoms with E-state index in [2.05, 4.69) is 16.2 Å². The smallest absolute Gasteiger partial charge is 0.194 e. The van der Waals surface area contributed by atoms with Crippen LogP contribution in [0.2, 0.25) is 0 Å². The predicted molar refractivity (Wildman–Crippen MR) is 120 cm³/mol. The first kappa shape index (κ1) is 24.3. The number of hydrogen-bond donors (Lipinski definition) is 2. The van der Waals surface area contributed by atoms with Crippen LogP contribution >= 0.6 is 23.4 Å². The summed E-state index contributed by atoms with van der Waals surface area (Å²) in [4.78, 5) is 4.09. The van der Waals surface area contributed by atoms with Crippen molar-refractivity contribution in [3.8, 4) is 17.2 Å². The average molecular weight is 527 g/mol. The fraction of sp³-hybridized carbons (Fsp3) is 0.409. The summed E-state index contributed by atoms with van der Waals surface area (Å²) in [7, 11) is 0. The number of aliphatic hydroxyl groups excluding tert-OH is 2. The summed E-state index contributed by atoms with van der Waals surface area (Å²) in [6.45, 7) is -0.0290. The molecule has 6 unspecified atom stereocenters. The molecule has 2 aromatic rings. The van der Waals surface area contributed by atoms with E-state index in [1.807, 2.05) is 0 Å². The number of nitriles is 1. The van der Waals surface area contributed by atoms with Crippen molar-refractivity contribution in [3.63, 3.8) is 0 Å². The SMILES string of the molecule is N#CC1N=CC(Cl)=CC1S[C@H]1OC2C(O)CO[C@@H]2C(n2cc(-c3cc(F)c(F)c(F)c3)cn2)C1O. The highest BCUT2D eigenvalue weighted by molar-refractivity contribution is 8.00. The van der Waals surface area contributed by atoms with Gasteiger partial charge in [0.1, 0.15) is 35.9 Å². The lowest BCUT2D eigenvalue weighted by atomic mass is 9.96. The molecule has 8 nitrogen and oxygen atoms in total. The van der Waals surface area contributed by atoms with Crippen LogP contribution in [0.5, 0.6) is 0 Å². The maximum absolute atomic E-state index is 13.7. The first-order valence-electron chi connectivity index (χ1n) is 10.5. The molecule has 2 saturated heterocycles. The van der Waals surface area contributed by atoms with Crippen LogP contribution in [-0.2, 0) is 9.47 Å². The van der Waals surface area contributed by atoms with Gasteiger partial charge in [0.15, 0.2) is 23.5 Å². The van der Waals surface area contributed by atoms with Crippen molar-refractivity contribution >= 4 is 29.6 Å². The van der Waals surface area contributed by atoms with Gasteiger partial charge in [0.2, 0.25) is 0 Å². The van der Waals surface area contributed by atoms with Gasteiger partial charge in [-0.15, -0.1) is 11.8 Å². The molecule has 1 aromatic heterocycles. The zero-order valence-corrected chi connectivity index (χ0v) is 19.3. The molecule has 35 heavy (non-hydrogen) atoms. The maximum Gasteiger partial charge on any atom is 0.194 e. The molecule has 0 radical (unpaired) electrons. The van der Waals surface area contributed by atoms with E-state index in [1.54, 1.807) is 6.08 Å². The fourth-order valence-corrected chi connectivity index (χ4v) is 5.96. The van der Waals surface area contributed by atoms with Crippen molar-refractivity contribution < 1.29 is 32.9 Å². The second-order valence-electron chi connectivity index (χ2n) is 8.28. The Bertz CT molecular complexity index is 1210. The zero-order valence-electron chi connectivity index (χ0n) is 17.7. The van der Waals surface area contributed by atoms with E-state index in [-0.39, 0.29) is 17.7 Å². The summed E-state index contributed by atoms with van der Waals surface area (Å²) in [5.41, 5.74) is -0.580. The average Bonchev–Trinajstić information content (AvgIpc) is 3.45. The highest BCUT2D eigenvalue weighted by Crippen LogP contribution is 2.43. The molecule has 8 atom stereocenters. The number of fused-ring (bicyclic) bond motifs is 1. The summed E-state index contributed by atoms with van der Waals surface area (Å²) in [5, 5.41) is 35.2. The van der Waals surface area contributed by atoms with Gasteiger partial charge in [-0.05, 0) is 23.8 Å². The van der Waals surface area contributed by atoms with Gasteiger partial charge in [-0.25, -0.2) is 13.2 Å². The van der Waals surface area contributed by atoms with Gasteiger partial charge in [0.05, 0.1) is 29.2 Å². The summed E-state index contributed by atoms with van der Waals surface area (Å²) < 4.78 is 53.9. The van der Waals surface area contributed by atoms with Crippen molar-refractivity contribution in [2.45, 2.75) is 47.2 Å². The Balaban J connectivity index is 1.45. The molecule has 2 N–H and O–H groups in total. The van der Waals surface area contributed by atoms with Crippen LogP contribution < -0.4 is 0 Å². The Kier molecular flexibility index (Phi) is 6.65. The third kappa shape index (κ3) is 4.48. The van der Waals surface area contributed by atoms with Gasteiger partial charge >= 0.3 is 0 Å². The Morgan fingerprint density at radius 3 is 2.63 bits per heavy atom. The first-order chi connectivity index (χ1) is 16.8. The van der Waals surface area contributed by atoms with Crippen molar-refractivity contribution in [1.82, 2.24) is 9.78 Å². The summed E-state index contributed by atoms with van der Waals surface area (Å²) in [6, 6.07) is 2.17. The molecule has 0 spiro atoms. The minimum atomic E-state index is -1.58.